The molecule has 0 aromatic carbocycles. The molecule has 2 N–H and O–H groups in total. The van der Waals surface area contributed by atoms with Crippen molar-refractivity contribution in [2.45, 2.75) is 0 Å². The van der Waals surface area contributed by atoms with Crippen LogP contribution in [0.5, 0.6) is 0 Å². The lowest BCUT2D eigenvalue weighted by molar-refractivity contribution is 0.460. The van der Waals surface area contributed by atoms with Gasteiger partial charge in [-0.15, -0.1) is 0 Å². The highest BCUT2D eigenvalue weighted by Crippen LogP contribution is 1.90. The summed E-state index contributed by atoms with van der Waals surface area (Å²) >= 11 is 0. The fourth-order valence-corrected chi connectivity index (χ4v) is 0.313. The SMILES string of the molecule is O=S(=O)(O)S(=O)(=O)O.c1ccncc1. The summed E-state index contributed by atoms with van der Waals surface area (Å²) in [5.74, 6) is 0. The van der Waals surface area contributed by atoms with Crippen LogP contribution in [0.15, 0.2) is 30.6 Å². The smallest absolute Gasteiger partial charge is 0.272 e. The van der Waals surface area contributed by atoms with Crippen LogP contribution in [0.25, 0.3) is 0 Å². The van der Waals surface area contributed by atoms with E-state index in [9.17, 15) is 16.8 Å². The van der Waals surface area contributed by atoms with Crippen molar-refractivity contribution < 1.29 is 25.9 Å². The molecule has 1 aromatic rings. The van der Waals surface area contributed by atoms with E-state index in [2.05, 4.69) is 4.98 Å². The summed E-state index contributed by atoms with van der Waals surface area (Å²) < 4.78 is 52.5. The Hall–Kier alpha value is -1.03. The molecule has 0 saturated heterocycles. The first-order valence-corrected chi connectivity index (χ1v) is 6.45. The Morgan fingerprint density at radius 3 is 1.21 bits per heavy atom. The second-order valence-electron chi connectivity index (χ2n) is 1.88. The maximum atomic E-state index is 9.37. The molecule has 0 aliphatic carbocycles. The largest absolute Gasteiger partial charge is 0.397 e. The average Bonchev–Trinajstić information content (AvgIpc) is 2.05. The summed E-state index contributed by atoms with van der Waals surface area (Å²) in [6, 6.07) is 5.72. The molecular weight excluding hydrogens is 234 g/mol. The molecule has 0 aliphatic heterocycles. The Balaban J connectivity index is 0.000000249. The molecule has 0 atom stereocenters. The van der Waals surface area contributed by atoms with E-state index in [0.29, 0.717) is 0 Å². The maximum Gasteiger partial charge on any atom is 0.397 e. The zero-order valence-corrected chi connectivity index (χ0v) is 8.31. The molecule has 0 unspecified atom stereocenters. The van der Waals surface area contributed by atoms with Crippen LogP contribution in [0, 0.1) is 0 Å². The van der Waals surface area contributed by atoms with E-state index in [-0.39, 0.29) is 0 Å². The second-order valence-corrected chi connectivity index (χ2v) is 6.12. The Kier molecular flexibility index (Phi) is 4.63. The number of hydrogen-bond donors (Lipinski definition) is 2. The van der Waals surface area contributed by atoms with E-state index in [1.807, 2.05) is 18.2 Å². The van der Waals surface area contributed by atoms with Gasteiger partial charge in [-0.1, -0.05) is 6.07 Å². The summed E-state index contributed by atoms with van der Waals surface area (Å²) in [6.45, 7) is 0. The molecule has 9 heteroatoms. The van der Waals surface area contributed by atoms with E-state index < -0.39 is 18.3 Å². The Bertz CT molecular complexity index is 394. The first-order chi connectivity index (χ1) is 6.25. The first-order valence-electron chi connectivity index (χ1n) is 3.05. The molecule has 0 spiro atoms. The maximum absolute atomic E-state index is 9.37. The quantitative estimate of drug-likeness (QED) is 0.513. The van der Waals surface area contributed by atoms with Crippen molar-refractivity contribution in [3.05, 3.63) is 30.6 Å². The van der Waals surface area contributed by atoms with Crippen molar-refractivity contribution in [2.24, 2.45) is 0 Å². The van der Waals surface area contributed by atoms with Crippen LogP contribution in [0.4, 0.5) is 0 Å². The van der Waals surface area contributed by atoms with Crippen molar-refractivity contribution >= 4 is 18.3 Å². The molecule has 1 rings (SSSR count). The van der Waals surface area contributed by atoms with Crippen molar-refractivity contribution in [3.63, 3.8) is 0 Å². The first kappa shape index (κ1) is 13.0. The lowest BCUT2D eigenvalue weighted by Crippen LogP contribution is -2.11. The minimum atomic E-state index is -5.31. The molecule has 7 nitrogen and oxygen atoms in total. The van der Waals surface area contributed by atoms with E-state index >= 15 is 0 Å². The molecule has 1 aromatic heterocycles. The van der Waals surface area contributed by atoms with Crippen LogP contribution in [0.3, 0.4) is 0 Å². The fraction of sp³-hybridized carbons (Fsp3) is 0. The van der Waals surface area contributed by atoms with Gasteiger partial charge in [0.15, 0.2) is 0 Å². The normalized spacial score (nSPS) is 11.3. The van der Waals surface area contributed by atoms with Gasteiger partial charge in [0.2, 0.25) is 0 Å². The molecule has 1 heterocycles. The summed E-state index contributed by atoms with van der Waals surface area (Å²) in [5.41, 5.74) is 0. The summed E-state index contributed by atoms with van der Waals surface area (Å²) in [4.78, 5) is 3.78. The zero-order valence-electron chi connectivity index (χ0n) is 6.68. The lowest BCUT2D eigenvalue weighted by atomic mass is 10.5. The minimum absolute atomic E-state index is 1.75. The third-order valence-electron chi connectivity index (χ3n) is 0.833. The Morgan fingerprint density at radius 2 is 1.14 bits per heavy atom. The van der Waals surface area contributed by atoms with E-state index in [0.717, 1.165) is 0 Å². The summed E-state index contributed by atoms with van der Waals surface area (Å²) in [7, 11) is -10.6. The second kappa shape index (κ2) is 5.00. The zero-order chi connectivity index (χ0) is 11.2. The standard InChI is InChI=1S/C5H5N.H2O6S2/c1-2-4-6-5-3-1;1-7(2,3)8(4,5)6/h1-5H;(H,1,2,3)(H,4,5,6). The van der Waals surface area contributed by atoms with Gasteiger partial charge in [-0.05, 0) is 12.1 Å². The highest BCUT2D eigenvalue weighted by molar-refractivity contribution is 8.62. The van der Waals surface area contributed by atoms with Gasteiger partial charge in [-0.2, -0.15) is 16.8 Å². The van der Waals surface area contributed by atoms with Gasteiger partial charge in [0.25, 0.3) is 0 Å². The minimum Gasteiger partial charge on any atom is -0.272 e. The van der Waals surface area contributed by atoms with Crippen molar-refractivity contribution in [2.75, 3.05) is 0 Å². The van der Waals surface area contributed by atoms with Crippen LogP contribution in [0.2, 0.25) is 0 Å². The van der Waals surface area contributed by atoms with Crippen LogP contribution < -0.4 is 0 Å². The van der Waals surface area contributed by atoms with Crippen LogP contribution >= 0.6 is 0 Å². The van der Waals surface area contributed by atoms with Gasteiger partial charge >= 0.3 is 18.3 Å². The molecule has 80 valence electrons. The average molecular weight is 241 g/mol. The van der Waals surface area contributed by atoms with Gasteiger partial charge in [0, 0.05) is 12.4 Å². The van der Waals surface area contributed by atoms with Gasteiger partial charge in [0.05, 0.1) is 0 Å². The highest BCUT2D eigenvalue weighted by Gasteiger charge is 2.22. The monoisotopic (exact) mass is 241 g/mol. The molecule has 0 aliphatic rings. The van der Waals surface area contributed by atoms with E-state index in [4.69, 9.17) is 9.11 Å². The molecular formula is C5H7NO6S2. The predicted octanol–water partition coefficient (Wildman–Crippen LogP) is -0.241. The number of aromatic nitrogens is 1. The van der Waals surface area contributed by atoms with Crippen molar-refractivity contribution in [1.29, 1.82) is 0 Å². The van der Waals surface area contributed by atoms with Crippen LogP contribution in [-0.4, -0.2) is 30.9 Å². The lowest BCUT2D eigenvalue weighted by Gasteiger charge is -1.84. The summed E-state index contributed by atoms with van der Waals surface area (Å²) in [5, 5.41) is 0. The molecule has 0 fully saturated rings. The molecule has 14 heavy (non-hydrogen) atoms. The fourth-order valence-electron chi connectivity index (χ4n) is 0.313. The van der Waals surface area contributed by atoms with Crippen LogP contribution in [0.1, 0.15) is 0 Å². The van der Waals surface area contributed by atoms with Crippen molar-refractivity contribution in [1.82, 2.24) is 4.98 Å². The van der Waals surface area contributed by atoms with Gasteiger partial charge in [0.1, 0.15) is 0 Å². The molecule has 0 bridgehead atoms. The molecule has 0 radical (unpaired) electrons. The number of nitrogens with zero attached hydrogens (tertiary/aromatic N) is 1. The van der Waals surface area contributed by atoms with Crippen LogP contribution in [-0.2, 0) is 18.3 Å². The van der Waals surface area contributed by atoms with Gasteiger partial charge in [-0.3, -0.25) is 14.1 Å². The van der Waals surface area contributed by atoms with E-state index in [1.54, 1.807) is 12.4 Å². The molecule has 0 saturated carbocycles. The third kappa shape index (κ3) is 5.59. The Labute approximate surface area is 80.3 Å². The number of hydrogen-bond acceptors (Lipinski definition) is 5. The number of pyridine rings is 1. The Morgan fingerprint density at radius 1 is 0.786 bits per heavy atom. The van der Waals surface area contributed by atoms with E-state index in [1.165, 1.54) is 0 Å². The van der Waals surface area contributed by atoms with Crippen molar-refractivity contribution in [3.8, 4) is 0 Å². The van der Waals surface area contributed by atoms with Gasteiger partial charge in [-0.25, -0.2) is 0 Å². The predicted molar refractivity (Wildman–Crippen MR) is 47.3 cm³/mol. The van der Waals surface area contributed by atoms with Gasteiger partial charge < -0.3 is 0 Å². The number of rotatable bonds is 1. The topological polar surface area (TPSA) is 122 Å². The third-order valence-corrected chi connectivity index (χ3v) is 2.96. The molecule has 0 amide bonds. The summed E-state index contributed by atoms with van der Waals surface area (Å²) in [6.07, 6.45) is 3.50. The highest BCUT2D eigenvalue weighted by atomic mass is 33.2.